The molecule has 2 aliphatic heterocycles. The van der Waals surface area contributed by atoms with Gasteiger partial charge in [-0.1, -0.05) is 6.92 Å². The summed E-state index contributed by atoms with van der Waals surface area (Å²) < 4.78 is 32.0. The summed E-state index contributed by atoms with van der Waals surface area (Å²) in [6, 6.07) is 3.34. The summed E-state index contributed by atoms with van der Waals surface area (Å²) in [5, 5.41) is 14.4. The lowest BCUT2D eigenvalue weighted by Gasteiger charge is -2.36. The van der Waals surface area contributed by atoms with Crippen LogP contribution in [0, 0.1) is 10.1 Å². The van der Waals surface area contributed by atoms with E-state index in [1.807, 2.05) is 6.92 Å². The van der Waals surface area contributed by atoms with E-state index in [0.29, 0.717) is 32.7 Å². The maximum Gasteiger partial charge on any atom is 0.293 e. The lowest BCUT2D eigenvalue weighted by atomic mass is 10.1. The van der Waals surface area contributed by atoms with Crippen LogP contribution >= 0.6 is 0 Å². The number of carbonyl (C=O) groups is 1. The summed E-state index contributed by atoms with van der Waals surface area (Å²) in [6.45, 7) is 3.62. The minimum Gasteiger partial charge on any atom is -0.379 e. The zero-order chi connectivity index (χ0) is 19.6. The molecule has 0 radical (unpaired) electrons. The van der Waals surface area contributed by atoms with Gasteiger partial charge in [0.15, 0.2) is 0 Å². The standard InChI is InChI=1S/C16H22N4O6S/c1-2-13-16(21)17-5-6-19(13)14-4-3-12(11-15(14)20(22)23)27(24,25)18-7-9-26-10-8-18/h3-4,11,13H,2,5-10H2,1H3,(H,17,21). The Morgan fingerprint density at radius 3 is 2.63 bits per heavy atom. The first-order valence-corrected chi connectivity index (χ1v) is 10.2. The van der Waals surface area contributed by atoms with Crippen LogP contribution in [0.15, 0.2) is 23.1 Å². The molecular formula is C16H22N4O6S. The summed E-state index contributed by atoms with van der Waals surface area (Å²) in [5.74, 6) is -0.192. The van der Waals surface area contributed by atoms with Gasteiger partial charge in [-0.25, -0.2) is 8.42 Å². The fourth-order valence-electron chi connectivity index (χ4n) is 3.40. The third-order valence-corrected chi connectivity index (χ3v) is 6.67. The predicted octanol–water partition coefficient (Wildman–Crippen LogP) is 0.331. The normalized spacial score (nSPS) is 21.7. The quantitative estimate of drug-likeness (QED) is 0.560. The number of benzene rings is 1. The van der Waals surface area contributed by atoms with Gasteiger partial charge in [-0.15, -0.1) is 0 Å². The van der Waals surface area contributed by atoms with Crippen LogP contribution in [-0.4, -0.2) is 69.0 Å². The van der Waals surface area contributed by atoms with E-state index < -0.39 is 21.0 Å². The highest BCUT2D eigenvalue weighted by atomic mass is 32.2. The molecule has 0 aromatic heterocycles. The molecule has 148 valence electrons. The number of sulfonamides is 1. The van der Waals surface area contributed by atoms with Gasteiger partial charge in [0, 0.05) is 32.2 Å². The Morgan fingerprint density at radius 1 is 1.30 bits per heavy atom. The number of hydrogen-bond donors (Lipinski definition) is 1. The molecule has 0 bridgehead atoms. The molecule has 2 heterocycles. The van der Waals surface area contributed by atoms with Gasteiger partial charge in [-0.2, -0.15) is 4.31 Å². The number of amides is 1. The largest absolute Gasteiger partial charge is 0.379 e. The summed E-state index contributed by atoms with van der Waals surface area (Å²) >= 11 is 0. The third-order valence-electron chi connectivity index (χ3n) is 4.78. The number of anilines is 1. The van der Waals surface area contributed by atoms with Crippen molar-refractivity contribution in [3.05, 3.63) is 28.3 Å². The van der Waals surface area contributed by atoms with E-state index in [-0.39, 0.29) is 35.3 Å². The number of hydrogen-bond acceptors (Lipinski definition) is 7. The van der Waals surface area contributed by atoms with Crippen molar-refractivity contribution in [2.45, 2.75) is 24.3 Å². The van der Waals surface area contributed by atoms with E-state index in [1.54, 1.807) is 4.90 Å². The number of nitro groups is 1. The number of ether oxygens (including phenoxy) is 1. The summed E-state index contributed by atoms with van der Waals surface area (Å²) in [7, 11) is -3.84. The van der Waals surface area contributed by atoms with Crippen molar-refractivity contribution in [3.8, 4) is 0 Å². The van der Waals surface area contributed by atoms with Crippen LogP contribution in [0.4, 0.5) is 11.4 Å². The van der Waals surface area contributed by atoms with Gasteiger partial charge in [-0.05, 0) is 18.6 Å². The molecule has 2 aliphatic rings. The van der Waals surface area contributed by atoms with Crippen LogP contribution < -0.4 is 10.2 Å². The van der Waals surface area contributed by atoms with Crippen molar-refractivity contribution in [2.24, 2.45) is 0 Å². The topological polar surface area (TPSA) is 122 Å². The molecular weight excluding hydrogens is 376 g/mol. The van der Waals surface area contributed by atoms with Crippen molar-refractivity contribution < 1.29 is 22.9 Å². The molecule has 0 aliphatic carbocycles. The van der Waals surface area contributed by atoms with Gasteiger partial charge in [-0.3, -0.25) is 14.9 Å². The minimum atomic E-state index is -3.84. The SMILES string of the molecule is CCC1C(=O)NCCN1c1ccc(S(=O)(=O)N2CCOCC2)cc1[N+](=O)[O-]. The second kappa shape index (κ2) is 7.79. The van der Waals surface area contributed by atoms with E-state index in [2.05, 4.69) is 5.32 Å². The van der Waals surface area contributed by atoms with Gasteiger partial charge in [0.05, 0.1) is 23.0 Å². The first-order chi connectivity index (χ1) is 12.9. The Bertz CT molecular complexity index is 837. The molecule has 0 saturated carbocycles. The van der Waals surface area contributed by atoms with Crippen LogP contribution in [0.2, 0.25) is 0 Å². The molecule has 2 fully saturated rings. The van der Waals surface area contributed by atoms with Crippen LogP contribution in [0.5, 0.6) is 0 Å². The zero-order valence-electron chi connectivity index (χ0n) is 15.0. The van der Waals surface area contributed by atoms with Gasteiger partial charge < -0.3 is 15.0 Å². The van der Waals surface area contributed by atoms with Gasteiger partial charge in [0.1, 0.15) is 11.7 Å². The highest BCUT2D eigenvalue weighted by molar-refractivity contribution is 7.89. The zero-order valence-corrected chi connectivity index (χ0v) is 15.8. The maximum atomic E-state index is 12.8. The van der Waals surface area contributed by atoms with E-state index in [1.165, 1.54) is 16.4 Å². The molecule has 1 aromatic rings. The average Bonchev–Trinajstić information content (AvgIpc) is 2.68. The first kappa shape index (κ1) is 19.5. The van der Waals surface area contributed by atoms with E-state index in [9.17, 15) is 23.3 Å². The van der Waals surface area contributed by atoms with Crippen LogP contribution in [0.25, 0.3) is 0 Å². The fraction of sp³-hybridized carbons (Fsp3) is 0.562. The third kappa shape index (κ3) is 3.75. The Labute approximate surface area is 157 Å². The molecule has 1 N–H and O–H groups in total. The van der Waals surface area contributed by atoms with Crippen LogP contribution in [0.3, 0.4) is 0 Å². The number of nitro benzene ring substituents is 1. The van der Waals surface area contributed by atoms with E-state index in [0.717, 1.165) is 6.07 Å². The van der Waals surface area contributed by atoms with Gasteiger partial charge in [0.2, 0.25) is 15.9 Å². The second-order valence-electron chi connectivity index (χ2n) is 6.33. The summed E-state index contributed by atoms with van der Waals surface area (Å²) in [6.07, 6.45) is 0.483. The molecule has 11 heteroatoms. The fourth-order valence-corrected chi connectivity index (χ4v) is 4.83. The Morgan fingerprint density at radius 2 is 2.00 bits per heavy atom. The number of piperazine rings is 1. The molecule has 1 amide bonds. The molecule has 1 atom stereocenters. The Kier molecular flexibility index (Phi) is 5.63. The van der Waals surface area contributed by atoms with Crippen LogP contribution in [-0.2, 0) is 19.6 Å². The molecule has 27 heavy (non-hydrogen) atoms. The van der Waals surface area contributed by atoms with Crippen molar-refractivity contribution in [1.29, 1.82) is 0 Å². The molecule has 2 saturated heterocycles. The molecule has 0 spiro atoms. The minimum absolute atomic E-state index is 0.130. The lowest BCUT2D eigenvalue weighted by Crippen LogP contribution is -2.55. The molecule has 3 rings (SSSR count). The summed E-state index contributed by atoms with van der Waals surface area (Å²) in [4.78, 5) is 24.7. The van der Waals surface area contributed by atoms with Gasteiger partial charge >= 0.3 is 0 Å². The van der Waals surface area contributed by atoms with Crippen molar-refractivity contribution >= 4 is 27.3 Å². The number of morpholine rings is 1. The number of nitrogens with one attached hydrogen (secondary N) is 1. The van der Waals surface area contributed by atoms with Gasteiger partial charge in [0.25, 0.3) is 5.69 Å². The smallest absolute Gasteiger partial charge is 0.293 e. The summed E-state index contributed by atoms with van der Waals surface area (Å²) in [5.41, 5.74) is -0.0693. The average molecular weight is 398 g/mol. The Hall–Kier alpha value is -2.24. The van der Waals surface area contributed by atoms with Crippen molar-refractivity contribution in [1.82, 2.24) is 9.62 Å². The van der Waals surface area contributed by atoms with Crippen molar-refractivity contribution in [3.63, 3.8) is 0 Å². The molecule has 1 aromatic carbocycles. The highest BCUT2D eigenvalue weighted by Crippen LogP contribution is 2.34. The highest BCUT2D eigenvalue weighted by Gasteiger charge is 2.34. The van der Waals surface area contributed by atoms with Crippen molar-refractivity contribution in [2.75, 3.05) is 44.3 Å². The number of carbonyl (C=O) groups excluding carboxylic acids is 1. The molecule has 10 nitrogen and oxygen atoms in total. The maximum absolute atomic E-state index is 12.8. The lowest BCUT2D eigenvalue weighted by molar-refractivity contribution is -0.384. The van der Waals surface area contributed by atoms with Crippen LogP contribution in [0.1, 0.15) is 13.3 Å². The first-order valence-electron chi connectivity index (χ1n) is 8.77. The second-order valence-corrected chi connectivity index (χ2v) is 8.27. The monoisotopic (exact) mass is 398 g/mol. The molecule has 1 unspecified atom stereocenters. The van der Waals surface area contributed by atoms with E-state index in [4.69, 9.17) is 4.74 Å². The number of nitrogens with zero attached hydrogens (tertiary/aromatic N) is 3. The Balaban J connectivity index is 2.00. The predicted molar refractivity (Wildman–Crippen MR) is 97.1 cm³/mol. The number of rotatable bonds is 5. The van der Waals surface area contributed by atoms with E-state index >= 15 is 0 Å².